The molecule has 0 spiro atoms. The summed E-state index contributed by atoms with van der Waals surface area (Å²) in [5.74, 6) is -1.04. The fourth-order valence-electron chi connectivity index (χ4n) is 1.54. The maximum atomic E-state index is 10.9. The van der Waals surface area contributed by atoms with Crippen molar-refractivity contribution in [1.29, 1.82) is 0 Å². The van der Waals surface area contributed by atoms with Crippen LogP contribution in [0.25, 0.3) is 0 Å². The Bertz CT molecular complexity index is 352. The Hall–Kier alpha value is -0.880. The SMILES string of the molecule is CS(=O)(=O)CCC(C(=O)O)N1CC=CC1. The topological polar surface area (TPSA) is 74.7 Å². The van der Waals surface area contributed by atoms with Crippen LogP contribution in [0, 0.1) is 0 Å². The van der Waals surface area contributed by atoms with Gasteiger partial charge in [-0.25, -0.2) is 8.42 Å². The van der Waals surface area contributed by atoms with Gasteiger partial charge in [-0.1, -0.05) is 12.2 Å². The minimum atomic E-state index is -3.09. The van der Waals surface area contributed by atoms with Crippen LogP contribution < -0.4 is 0 Å². The van der Waals surface area contributed by atoms with Crippen LogP contribution in [0.5, 0.6) is 0 Å². The van der Waals surface area contributed by atoms with E-state index in [1.54, 1.807) is 4.90 Å². The predicted molar refractivity (Wildman–Crippen MR) is 56.5 cm³/mol. The van der Waals surface area contributed by atoms with Crippen LogP contribution in [0.3, 0.4) is 0 Å². The number of hydrogen-bond donors (Lipinski definition) is 1. The minimum absolute atomic E-state index is 0.0829. The van der Waals surface area contributed by atoms with Gasteiger partial charge in [0.25, 0.3) is 0 Å². The van der Waals surface area contributed by atoms with Crippen molar-refractivity contribution in [1.82, 2.24) is 4.90 Å². The molecule has 6 heteroatoms. The third-order valence-corrected chi connectivity index (χ3v) is 3.31. The van der Waals surface area contributed by atoms with E-state index in [-0.39, 0.29) is 12.2 Å². The average molecular weight is 233 g/mol. The molecule has 15 heavy (non-hydrogen) atoms. The summed E-state index contributed by atoms with van der Waals surface area (Å²) in [6.45, 7) is 1.17. The molecule has 0 aromatic heterocycles. The highest BCUT2D eigenvalue weighted by Crippen LogP contribution is 2.10. The molecule has 5 nitrogen and oxygen atoms in total. The Kier molecular flexibility index (Phi) is 3.87. The lowest BCUT2D eigenvalue weighted by molar-refractivity contribution is -0.142. The molecule has 1 N–H and O–H groups in total. The highest BCUT2D eigenvalue weighted by molar-refractivity contribution is 7.90. The van der Waals surface area contributed by atoms with E-state index in [0.717, 1.165) is 6.26 Å². The maximum absolute atomic E-state index is 10.9. The Balaban J connectivity index is 2.55. The molecule has 1 unspecified atom stereocenters. The van der Waals surface area contributed by atoms with E-state index in [4.69, 9.17) is 5.11 Å². The molecule has 1 atom stereocenters. The summed E-state index contributed by atoms with van der Waals surface area (Å²) in [5.41, 5.74) is 0. The number of carbonyl (C=O) groups is 1. The second-order valence-corrected chi connectivity index (χ2v) is 5.96. The standard InChI is InChI=1S/C9H15NO4S/c1-15(13,14)7-4-8(9(11)12)10-5-2-3-6-10/h2-3,8H,4-7H2,1H3,(H,11,12). The summed E-state index contributed by atoms with van der Waals surface area (Å²) in [7, 11) is -3.09. The van der Waals surface area contributed by atoms with Gasteiger partial charge in [0.15, 0.2) is 0 Å². The quantitative estimate of drug-likeness (QED) is 0.663. The molecule has 1 heterocycles. The molecule has 0 fully saturated rings. The lowest BCUT2D eigenvalue weighted by atomic mass is 10.2. The highest BCUT2D eigenvalue weighted by atomic mass is 32.2. The van der Waals surface area contributed by atoms with Crippen molar-refractivity contribution in [3.05, 3.63) is 12.2 Å². The van der Waals surface area contributed by atoms with E-state index in [0.29, 0.717) is 13.1 Å². The van der Waals surface area contributed by atoms with Crippen molar-refractivity contribution in [3.8, 4) is 0 Å². The van der Waals surface area contributed by atoms with Crippen LogP contribution in [0.4, 0.5) is 0 Å². The van der Waals surface area contributed by atoms with Crippen LogP contribution >= 0.6 is 0 Å². The molecule has 0 aliphatic carbocycles. The van der Waals surface area contributed by atoms with Gasteiger partial charge in [0, 0.05) is 19.3 Å². The first-order chi connectivity index (χ1) is 6.90. The van der Waals surface area contributed by atoms with E-state index >= 15 is 0 Å². The van der Waals surface area contributed by atoms with Crippen molar-refractivity contribution < 1.29 is 18.3 Å². The zero-order valence-electron chi connectivity index (χ0n) is 8.59. The monoisotopic (exact) mass is 233 g/mol. The summed E-state index contributed by atoms with van der Waals surface area (Å²) in [4.78, 5) is 12.7. The van der Waals surface area contributed by atoms with Crippen molar-refractivity contribution >= 4 is 15.8 Å². The smallest absolute Gasteiger partial charge is 0.320 e. The molecule has 1 aliphatic rings. The van der Waals surface area contributed by atoms with Crippen LogP contribution in [0.2, 0.25) is 0 Å². The molecule has 86 valence electrons. The molecule has 0 aromatic rings. The Labute approximate surface area is 89.3 Å². The summed E-state index contributed by atoms with van der Waals surface area (Å²) in [6.07, 6.45) is 5.04. The summed E-state index contributed by atoms with van der Waals surface area (Å²) < 4.78 is 21.9. The van der Waals surface area contributed by atoms with E-state index in [1.165, 1.54) is 0 Å². The Morgan fingerprint density at radius 3 is 2.40 bits per heavy atom. The van der Waals surface area contributed by atoms with E-state index in [9.17, 15) is 13.2 Å². The van der Waals surface area contributed by atoms with Gasteiger partial charge in [-0.15, -0.1) is 0 Å². The third-order valence-electron chi connectivity index (χ3n) is 2.33. The molecule has 0 aromatic carbocycles. The largest absolute Gasteiger partial charge is 0.480 e. The lowest BCUT2D eigenvalue weighted by Crippen LogP contribution is -2.40. The Morgan fingerprint density at radius 1 is 1.47 bits per heavy atom. The first-order valence-corrected chi connectivity index (χ1v) is 6.76. The van der Waals surface area contributed by atoms with Crippen LogP contribution in [0.1, 0.15) is 6.42 Å². The summed E-state index contributed by atoms with van der Waals surface area (Å²) in [5, 5.41) is 8.97. The zero-order chi connectivity index (χ0) is 11.5. The number of hydrogen-bond acceptors (Lipinski definition) is 4. The maximum Gasteiger partial charge on any atom is 0.320 e. The first kappa shape index (κ1) is 12.2. The molecular formula is C9H15NO4S. The van der Waals surface area contributed by atoms with E-state index < -0.39 is 21.8 Å². The molecule has 0 saturated carbocycles. The fraction of sp³-hybridized carbons (Fsp3) is 0.667. The van der Waals surface area contributed by atoms with Gasteiger partial charge in [-0.3, -0.25) is 9.69 Å². The van der Waals surface area contributed by atoms with Crippen molar-refractivity contribution in [2.45, 2.75) is 12.5 Å². The average Bonchev–Trinajstić information content (AvgIpc) is 2.54. The van der Waals surface area contributed by atoms with Gasteiger partial charge in [-0.05, 0) is 6.42 Å². The van der Waals surface area contributed by atoms with Gasteiger partial charge in [0.2, 0.25) is 0 Å². The molecular weight excluding hydrogens is 218 g/mol. The van der Waals surface area contributed by atoms with Crippen LogP contribution in [0.15, 0.2) is 12.2 Å². The van der Waals surface area contributed by atoms with Gasteiger partial charge in [-0.2, -0.15) is 0 Å². The van der Waals surface area contributed by atoms with Gasteiger partial charge >= 0.3 is 5.97 Å². The number of rotatable bonds is 5. The molecule has 0 amide bonds. The number of aliphatic carboxylic acids is 1. The van der Waals surface area contributed by atoms with E-state index in [1.807, 2.05) is 12.2 Å². The van der Waals surface area contributed by atoms with Gasteiger partial charge < -0.3 is 5.11 Å². The second-order valence-electron chi connectivity index (χ2n) is 3.70. The molecule has 0 saturated heterocycles. The predicted octanol–water partition coefficient (Wildman–Crippen LogP) is -0.254. The zero-order valence-corrected chi connectivity index (χ0v) is 9.40. The highest BCUT2D eigenvalue weighted by Gasteiger charge is 2.26. The third kappa shape index (κ3) is 4.01. The molecule has 0 bridgehead atoms. The number of carboxylic acids is 1. The summed E-state index contributed by atoms with van der Waals surface area (Å²) in [6, 6.07) is -0.699. The fourth-order valence-corrected chi connectivity index (χ4v) is 2.19. The molecule has 1 aliphatic heterocycles. The Morgan fingerprint density at radius 2 is 2.00 bits per heavy atom. The number of nitrogens with zero attached hydrogens (tertiary/aromatic N) is 1. The number of carboxylic acid groups (broad SMARTS) is 1. The van der Waals surface area contributed by atoms with Crippen molar-refractivity contribution in [3.63, 3.8) is 0 Å². The normalized spacial score (nSPS) is 19.3. The van der Waals surface area contributed by atoms with Gasteiger partial charge in [0.1, 0.15) is 15.9 Å². The van der Waals surface area contributed by atoms with Crippen LogP contribution in [-0.2, 0) is 14.6 Å². The van der Waals surface area contributed by atoms with Crippen molar-refractivity contribution in [2.24, 2.45) is 0 Å². The first-order valence-electron chi connectivity index (χ1n) is 4.70. The van der Waals surface area contributed by atoms with Crippen LogP contribution in [-0.4, -0.2) is 55.5 Å². The minimum Gasteiger partial charge on any atom is -0.480 e. The second kappa shape index (κ2) is 4.76. The molecule has 1 rings (SSSR count). The van der Waals surface area contributed by atoms with Gasteiger partial charge in [0.05, 0.1) is 5.75 Å². The van der Waals surface area contributed by atoms with E-state index in [2.05, 4.69) is 0 Å². The lowest BCUT2D eigenvalue weighted by Gasteiger charge is -2.23. The number of sulfone groups is 1. The molecule has 0 radical (unpaired) electrons. The summed E-state index contributed by atoms with van der Waals surface area (Å²) >= 11 is 0. The van der Waals surface area contributed by atoms with Crippen molar-refractivity contribution in [2.75, 3.05) is 25.1 Å².